The van der Waals surface area contributed by atoms with Crippen LogP contribution in [0.1, 0.15) is 12.8 Å². The van der Waals surface area contributed by atoms with E-state index in [0.717, 1.165) is 6.42 Å². The summed E-state index contributed by atoms with van der Waals surface area (Å²) in [6, 6.07) is 0. The molecule has 0 spiro atoms. The van der Waals surface area contributed by atoms with Crippen molar-refractivity contribution in [3.63, 3.8) is 0 Å². The largest absolute Gasteiger partial charge is 0.392 e. The second-order valence-electron chi connectivity index (χ2n) is 3.14. The van der Waals surface area contributed by atoms with E-state index < -0.39 is 6.10 Å². The lowest BCUT2D eigenvalue weighted by molar-refractivity contribution is -0.129. The van der Waals surface area contributed by atoms with Gasteiger partial charge in [0.1, 0.15) is 5.78 Å². The Morgan fingerprint density at radius 2 is 2.30 bits per heavy atom. The lowest BCUT2D eigenvalue weighted by Gasteiger charge is -2.33. The van der Waals surface area contributed by atoms with Crippen LogP contribution in [0, 0.1) is 11.8 Å². The first-order valence-corrected chi connectivity index (χ1v) is 3.66. The van der Waals surface area contributed by atoms with Crippen LogP contribution in [0.5, 0.6) is 0 Å². The van der Waals surface area contributed by atoms with Crippen molar-refractivity contribution in [1.29, 1.82) is 0 Å². The molecule has 1 saturated carbocycles. The van der Waals surface area contributed by atoms with E-state index >= 15 is 0 Å². The van der Waals surface area contributed by atoms with Crippen LogP contribution in [0.4, 0.5) is 0 Å². The third kappa shape index (κ3) is 0.721. The first-order valence-electron chi connectivity index (χ1n) is 3.66. The lowest BCUT2D eigenvalue weighted by atomic mass is 9.73. The van der Waals surface area contributed by atoms with Gasteiger partial charge in [-0.25, -0.2) is 0 Å². The maximum atomic E-state index is 11.1. The molecule has 54 valence electrons. The van der Waals surface area contributed by atoms with Gasteiger partial charge in [0.15, 0.2) is 0 Å². The Balaban J connectivity index is 2.31. The highest BCUT2D eigenvalue weighted by atomic mass is 16.3. The molecule has 0 radical (unpaired) electrons. The average Bonchev–Trinajstić information content (AvgIpc) is 1.86. The summed E-state index contributed by atoms with van der Waals surface area (Å²) in [6.45, 7) is 0. The Kier molecular flexibility index (Phi) is 1.17. The maximum absolute atomic E-state index is 11.1. The van der Waals surface area contributed by atoms with E-state index in [1.54, 1.807) is 0 Å². The number of allylic oxidation sites excluding steroid dienone is 1. The summed E-state index contributed by atoms with van der Waals surface area (Å²) < 4.78 is 0. The van der Waals surface area contributed by atoms with E-state index in [1.807, 2.05) is 6.08 Å². The number of fused-ring (bicyclic) bond motifs is 2. The molecule has 0 amide bonds. The molecule has 3 aliphatic rings. The standard InChI is InChI=1S/C8H10O2/c9-7-3-5-1-2-6(7)8(10)4-5/h1-2,5-7,9H,3-4H2. The molecule has 0 aromatic heterocycles. The number of rotatable bonds is 0. The van der Waals surface area contributed by atoms with E-state index in [4.69, 9.17) is 0 Å². The van der Waals surface area contributed by atoms with Gasteiger partial charge in [0.25, 0.3) is 0 Å². The molecule has 3 atom stereocenters. The molecule has 2 bridgehead atoms. The van der Waals surface area contributed by atoms with E-state index in [9.17, 15) is 9.90 Å². The Morgan fingerprint density at radius 1 is 1.50 bits per heavy atom. The van der Waals surface area contributed by atoms with Crippen molar-refractivity contribution in [3.8, 4) is 0 Å². The van der Waals surface area contributed by atoms with Crippen LogP contribution < -0.4 is 0 Å². The summed E-state index contributed by atoms with van der Waals surface area (Å²) in [7, 11) is 0. The zero-order chi connectivity index (χ0) is 7.14. The van der Waals surface area contributed by atoms with E-state index in [2.05, 4.69) is 6.08 Å². The van der Waals surface area contributed by atoms with Gasteiger partial charge in [0.2, 0.25) is 0 Å². The number of hydrogen-bond donors (Lipinski definition) is 1. The maximum Gasteiger partial charge on any atom is 0.142 e. The van der Waals surface area contributed by atoms with Gasteiger partial charge in [0, 0.05) is 6.42 Å². The topological polar surface area (TPSA) is 37.3 Å². The molecule has 0 aromatic rings. The van der Waals surface area contributed by atoms with Crippen molar-refractivity contribution < 1.29 is 9.90 Å². The number of aliphatic hydroxyl groups is 1. The minimum Gasteiger partial charge on any atom is -0.392 e. The van der Waals surface area contributed by atoms with Gasteiger partial charge in [-0.15, -0.1) is 0 Å². The summed E-state index contributed by atoms with van der Waals surface area (Å²) >= 11 is 0. The number of aliphatic hydroxyl groups excluding tert-OH is 1. The minimum absolute atomic E-state index is 0.176. The van der Waals surface area contributed by atoms with Crippen LogP contribution in [0.3, 0.4) is 0 Å². The fraction of sp³-hybridized carbons (Fsp3) is 0.625. The van der Waals surface area contributed by atoms with Crippen LogP contribution in [-0.2, 0) is 4.79 Å². The third-order valence-electron chi connectivity index (χ3n) is 2.38. The summed E-state index contributed by atoms with van der Waals surface area (Å²) in [5.41, 5.74) is 0. The molecule has 0 saturated heterocycles. The van der Waals surface area contributed by atoms with E-state index in [1.165, 1.54) is 0 Å². The Labute approximate surface area is 59.5 Å². The molecule has 2 heteroatoms. The number of carbonyl (C=O) groups is 1. The van der Waals surface area contributed by atoms with E-state index in [-0.39, 0.29) is 11.7 Å². The van der Waals surface area contributed by atoms with Gasteiger partial charge in [-0.1, -0.05) is 12.2 Å². The first-order chi connectivity index (χ1) is 4.77. The molecule has 3 aliphatic carbocycles. The van der Waals surface area contributed by atoms with Gasteiger partial charge in [-0.2, -0.15) is 0 Å². The summed E-state index contributed by atoms with van der Waals surface area (Å²) in [5.74, 6) is 0.365. The molecule has 3 rings (SSSR count). The molecular weight excluding hydrogens is 128 g/mol. The van der Waals surface area contributed by atoms with Crippen molar-refractivity contribution in [3.05, 3.63) is 12.2 Å². The monoisotopic (exact) mass is 138 g/mol. The molecule has 3 unspecified atom stereocenters. The fourth-order valence-corrected chi connectivity index (χ4v) is 1.81. The lowest BCUT2D eigenvalue weighted by Crippen LogP contribution is -2.38. The predicted octanol–water partition coefficient (Wildman–Crippen LogP) is 0.512. The van der Waals surface area contributed by atoms with Crippen molar-refractivity contribution in [2.24, 2.45) is 11.8 Å². The van der Waals surface area contributed by atoms with Crippen LogP contribution in [-0.4, -0.2) is 17.0 Å². The zero-order valence-corrected chi connectivity index (χ0v) is 5.66. The molecule has 0 heterocycles. The van der Waals surface area contributed by atoms with Gasteiger partial charge < -0.3 is 5.11 Å². The number of ketones is 1. The molecule has 0 aromatic carbocycles. The second kappa shape index (κ2) is 1.92. The normalized spacial score (nSPS) is 44.5. The number of Topliss-reactive ketones (excluding diaryl/α,β-unsaturated/α-hetero) is 1. The minimum atomic E-state index is -0.392. The molecule has 10 heavy (non-hydrogen) atoms. The quantitative estimate of drug-likeness (QED) is 0.495. The predicted molar refractivity (Wildman–Crippen MR) is 36.4 cm³/mol. The van der Waals surface area contributed by atoms with Crippen molar-refractivity contribution in [2.75, 3.05) is 0 Å². The highest BCUT2D eigenvalue weighted by Crippen LogP contribution is 2.33. The Bertz CT molecular complexity index is 195. The average molecular weight is 138 g/mol. The van der Waals surface area contributed by atoms with Gasteiger partial charge >= 0.3 is 0 Å². The van der Waals surface area contributed by atoms with Crippen molar-refractivity contribution >= 4 is 5.78 Å². The highest BCUT2D eigenvalue weighted by molar-refractivity contribution is 5.85. The SMILES string of the molecule is O=C1CC2C=CC1C(O)C2. The van der Waals surface area contributed by atoms with Crippen LogP contribution in [0.2, 0.25) is 0 Å². The van der Waals surface area contributed by atoms with Gasteiger partial charge in [0.05, 0.1) is 12.0 Å². The third-order valence-corrected chi connectivity index (χ3v) is 2.38. The molecule has 0 aliphatic heterocycles. The van der Waals surface area contributed by atoms with Crippen molar-refractivity contribution in [2.45, 2.75) is 18.9 Å². The summed E-state index contributed by atoms with van der Waals surface area (Å²) in [4.78, 5) is 11.1. The summed E-state index contributed by atoms with van der Waals surface area (Å²) in [5, 5.41) is 9.30. The zero-order valence-electron chi connectivity index (χ0n) is 5.66. The number of hydrogen-bond acceptors (Lipinski definition) is 2. The van der Waals surface area contributed by atoms with Crippen LogP contribution >= 0.6 is 0 Å². The highest BCUT2D eigenvalue weighted by Gasteiger charge is 2.36. The second-order valence-corrected chi connectivity index (χ2v) is 3.14. The number of carbonyl (C=O) groups excluding carboxylic acids is 1. The van der Waals surface area contributed by atoms with Gasteiger partial charge in [-0.3, -0.25) is 4.79 Å². The summed E-state index contributed by atoms with van der Waals surface area (Å²) in [6.07, 6.45) is 4.95. The fourth-order valence-electron chi connectivity index (χ4n) is 1.81. The smallest absolute Gasteiger partial charge is 0.142 e. The molecule has 2 nitrogen and oxygen atoms in total. The Morgan fingerprint density at radius 3 is 2.70 bits per heavy atom. The van der Waals surface area contributed by atoms with E-state index in [0.29, 0.717) is 12.3 Å². The van der Waals surface area contributed by atoms with Crippen LogP contribution in [0.25, 0.3) is 0 Å². The molecule has 1 fully saturated rings. The molecule has 1 N–H and O–H groups in total. The van der Waals surface area contributed by atoms with Crippen LogP contribution in [0.15, 0.2) is 12.2 Å². The first kappa shape index (κ1) is 6.10. The van der Waals surface area contributed by atoms with Crippen molar-refractivity contribution in [1.82, 2.24) is 0 Å². The Hall–Kier alpha value is -0.630. The molecular formula is C8H10O2. The van der Waals surface area contributed by atoms with Gasteiger partial charge in [-0.05, 0) is 12.3 Å².